The van der Waals surface area contributed by atoms with Gasteiger partial charge in [-0.2, -0.15) is 0 Å². The van der Waals surface area contributed by atoms with Crippen LogP contribution < -0.4 is 0 Å². The fraction of sp³-hybridized carbons (Fsp3) is 0.684. The van der Waals surface area contributed by atoms with E-state index < -0.39 is 5.60 Å². The van der Waals surface area contributed by atoms with Crippen LogP contribution in [0.1, 0.15) is 56.9 Å². The normalized spacial score (nSPS) is 24.0. The summed E-state index contributed by atoms with van der Waals surface area (Å²) in [6, 6.07) is 10.4. The van der Waals surface area contributed by atoms with E-state index in [9.17, 15) is 5.11 Å². The lowest BCUT2D eigenvalue weighted by Gasteiger charge is -2.40. The molecule has 0 spiro atoms. The van der Waals surface area contributed by atoms with Crippen LogP contribution in [-0.2, 0) is 5.60 Å². The summed E-state index contributed by atoms with van der Waals surface area (Å²) in [6.07, 6.45) is 9.82. The molecule has 1 aliphatic carbocycles. The molecule has 0 amide bonds. The maximum Gasteiger partial charge on any atom is 0.0936 e. The molecule has 1 heterocycles. The average molecular weight is 287 g/mol. The predicted molar refractivity (Wildman–Crippen MR) is 87.2 cm³/mol. The highest BCUT2D eigenvalue weighted by atomic mass is 16.3. The van der Waals surface area contributed by atoms with Gasteiger partial charge in [0.2, 0.25) is 0 Å². The first-order valence-corrected chi connectivity index (χ1v) is 8.79. The first-order valence-electron chi connectivity index (χ1n) is 8.79. The SMILES string of the molecule is O[C@](CCN1CCCC1)(c1ccccc1)C1CCCCC1. The zero-order valence-electron chi connectivity index (χ0n) is 13.1. The summed E-state index contributed by atoms with van der Waals surface area (Å²) < 4.78 is 0. The average Bonchev–Trinajstić information content (AvgIpc) is 3.08. The lowest BCUT2D eigenvalue weighted by molar-refractivity contribution is -0.0510. The number of likely N-dealkylation sites (tertiary alicyclic amines) is 1. The summed E-state index contributed by atoms with van der Waals surface area (Å²) >= 11 is 0. The molecular formula is C19H29NO. The molecule has 1 aromatic carbocycles. The minimum atomic E-state index is -0.621. The molecule has 1 aliphatic heterocycles. The molecule has 0 aromatic heterocycles. The smallest absolute Gasteiger partial charge is 0.0936 e. The summed E-state index contributed by atoms with van der Waals surface area (Å²) in [6.45, 7) is 3.48. The third-order valence-electron chi connectivity index (χ3n) is 5.56. The minimum absolute atomic E-state index is 0.441. The fourth-order valence-corrected chi connectivity index (χ4v) is 4.23. The van der Waals surface area contributed by atoms with Crippen molar-refractivity contribution in [2.24, 2.45) is 5.92 Å². The van der Waals surface area contributed by atoms with Gasteiger partial charge in [-0.05, 0) is 56.7 Å². The number of nitrogens with zero attached hydrogens (tertiary/aromatic N) is 1. The molecule has 1 N–H and O–H groups in total. The van der Waals surface area contributed by atoms with Crippen LogP contribution in [0.2, 0.25) is 0 Å². The minimum Gasteiger partial charge on any atom is -0.385 e. The van der Waals surface area contributed by atoms with E-state index in [1.54, 1.807) is 0 Å². The summed E-state index contributed by atoms with van der Waals surface area (Å²) in [5.41, 5.74) is 0.515. The Bertz CT molecular complexity index is 420. The molecule has 2 aliphatic rings. The summed E-state index contributed by atoms with van der Waals surface area (Å²) in [4.78, 5) is 2.52. The van der Waals surface area contributed by atoms with Gasteiger partial charge in [-0.15, -0.1) is 0 Å². The van der Waals surface area contributed by atoms with E-state index in [4.69, 9.17) is 0 Å². The van der Waals surface area contributed by atoms with Gasteiger partial charge in [0, 0.05) is 6.54 Å². The summed E-state index contributed by atoms with van der Waals surface area (Å²) in [7, 11) is 0. The van der Waals surface area contributed by atoms with E-state index >= 15 is 0 Å². The molecule has 2 heteroatoms. The second-order valence-electron chi connectivity index (χ2n) is 6.92. The number of hydrogen-bond donors (Lipinski definition) is 1. The first kappa shape index (κ1) is 15.1. The highest BCUT2D eigenvalue weighted by molar-refractivity contribution is 5.23. The Labute approximate surface area is 129 Å². The Morgan fingerprint density at radius 2 is 1.62 bits per heavy atom. The van der Waals surface area contributed by atoms with Gasteiger partial charge in [0.1, 0.15) is 0 Å². The zero-order valence-corrected chi connectivity index (χ0v) is 13.1. The van der Waals surface area contributed by atoms with Crippen LogP contribution in [0.25, 0.3) is 0 Å². The monoisotopic (exact) mass is 287 g/mol. The van der Waals surface area contributed by atoms with Gasteiger partial charge < -0.3 is 10.0 Å². The van der Waals surface area contributed by atoms with Gasteiger partial charge in [0.15, 0.2) is 0 Å². The highest BCUT2D eigenvalue weighted by Gasteiger charge is 2.38. The van der Waals surface area contributed by atoms with Crippen molar-refractivity contribution in [3.8, 4) is 0 Å². The van der Waals surface area contributed by atoms with E-state index in [1.807, 2.05) is 6.07 Å². The zero-order chi connectivity index (χ0) is 14.5. The van der Waals surface area contributed by atoms with Gasteiger partial charge in [0.25, 0.3) is 0 Å². The largest absolute Gasteiger partial charge is 0.385 e. The van der Waals surface area contributed by atoms with Gasteiger partial charge >= 0.3 is 0 Å². The van der Waals surface area contributed by atoms with E-state index in [-0.39, 0.29) is 0 Å². The second-order valence-corrected chi connectivity index (χ2v) is 6.92. The Kier molecular flexibility index (Phi) is 4.97. The standard InChI is InChI=1S/C19H29NO/c21-19(17-9-3-1-4-10-17,18-11-5-2-6-12-18)13-16-20-14-7-8-15-20/h1,3-4,9-10,18,21H,2,5-8,11-16H2/t19-/m1/s1. The maximum absolute atomic E-state index is 11.5. The van der Waals surface area contributed by atoms with Crippen LogP contribution in [0.4, 0.5) is 0 Å². The summed E-state index contributed by atoms with van der Waals surface area (Å²) in [5.74, 6) is 0.441. The molecule has 1 saturated carbocycles. The number of benzene rings is 1. The van der Waals surface area contributed by atoms with E-state index in [2.05, 4.69) is 29.2 Å². The van der Waals surface area contributed by atoms with Crippen LogP contribution in [0, 0.1) is 5.92 Å². The maximum atomic E-state index is 11.5. The Morgan fingerprint density at radius 1 is 0.952 bits per heavy atom. The molecule has 116 valence electrons. The topological polar surface area (TPSA) is 23.5 Å². The Hall–Kier alpha value is -0.860. The lowest BCUT2D eigenvalue weighted by Crippen LogP contribution is -2.39. The van der Waals surface area contributed by atoms with Crippen LogP contribution in [0.5, 0.6) is 0 Å². The molecule has 3 rings (SSSR count). The lowest BCUT2D eigenvalue weighted by atomic mass is 9.71. The van der Waals surface area contributed by atoms with Crippen LogP contribution in [0.3, 0.4) is 0 Å². The van der Waals surface area contributed by atoms with Crippen LogP contribution in [0.15, 0.2) is 30.3 Å². The molecule has 1 aromatic rings. The molecule has 0 radical (unpaired) electrons. The van der Waals surface area contributed by atoms with E-state index in [0.717, 1.165) is 18.5 Å². The van der Waals surface area contributed by atoms with Crippen molar-refractivity contribution in [3.63, 3.8) is 0 Å². The predicted octanol–water partition coefficient (Wildman–Crippen LogP) is 3.94. The van der Waals surface area contributed by atoms with Crippen molar-refractivity contribution in [2.75, 3.05) is 19.6 Å². The molecule has 1 atom stereocenters. The molecule has 0 unspecified atom stereocenters. The molecule has 2 fully saturated rings. The fourth-order valence-electron chi connectivity index (χ4n) is 4.23. The highest BCUT2D eigenvalue weighted by Crippen LogP contribution is 2.41. The molecule has 0 bridgehead atoms. The van der Waals surface area contributed by atoms with Gasteiger partial charge in [-0.1, -0.05) is 49.6 Å². The summed E-state index contributed by atoms with van der Waals surface area (Å²) in [5, 5.41) is 11.5. The Morgan fingerprint density at radius 3 is 2.29 bits per heavy atom. The van der Waals surface area contributed by atoms with Gasteiger partial charge in [-0.25, -0.2) is 0 Å². The molecular weight excluding hydrogens is 258 g/mol. The van der Waals surface area contributed by atoms with Crippen LogP contribution >= 0.6 is 0 Å². The quantitative estimate of drug-likeness (QED) is 0.886. The van der Waals surface area contributed by atoms with Crippen molar-refractivity contribution >= 4 is 0 Å². The van der Waals surface area contributed by atoms with Crippen molar-refractivity contribution in [3.05, 3.63) is 35.9 Å². The molecule has 21 heavy (non-hydrogen) atoms. The van der Waals surface area contributed by atoms with E-state index in [1.165, 1.54) is 58.0 Å². The van der Waals surface area contributed by atoms with Gasteiger partial charge in [-0.3, -0.25) is 0 Å². The molecule has 2 nitrogen and oxygen atoms in total. The van der Waals surface area contributed by atoms with Gasteiger partial charge in [0.05, 0.1) is 5.60 Å². The number of hydrogen-bond acceptors (Lipinski definition) is 2. The van der Waals surface area contributed by atoms with Crippen molar-refractivity contribution in [1.29, 1.82) is 0 Å². The second kappa shape index (κ2) is 6.93. The van der Waals surface area contributed by atoms with E-state index in [0.29, 0.717) is 5.92 Å². The number of rotatable bonds is 5. The number of aliphatic hydroxyl groups is 1. The van der Waals surface area contributed by atoms with Crippen molar-refractivity contribution in [2.45, 2.75) is 57.0 Å². The van der Waals surface area contributed by atoms with Crippen molar-refractivity contribution in [1.82, 2.24) is 4.90 Å². The third-order valence-corrected chi connectivity index (χ3v) is 5.56. The third kappa shape index (κ3) is 3.49. The molecule has 1 saturated heterocycles. The van der Waals surface area contributed by atoms with Crippen LogP contribution in [-0.4, -0.2) is 29.6 Å². The Balaban J connectivity index is 1.75. The van der Waals surface area contributed by atoms with Crippen molar-refractivity contribution < 1.29 is 5.11 Å². The first-order chi connectivity index (χ1) is 10.3.